The van der Waals surface area contributed by atoms with Gasteiger partial charge in [-0.15, -0.1) is 0 Å². The van der Waals surface area contributed by atoms with E-state index in [1.54, 1.807) is 6.07 Å². The van der Waals surface area contributed by atoms with E-state index in [4.69, 9.17) is 5.73 Å². The van der Waals surface area contributed by atoms with Gasteiger partial charge in [0.25, 0.3) is 5.91 Å². The summed E-state index contributed by atoms with van der Waals surface area (Å²) in [6.45, 7) is 22.8. The van der Waals surface area contributed by atoms with Gasteiger partial charge in [-0.2, -0.15) is 0 Å². The van der Waals surface area contributed by atoms with Gasteiger partial charge in [0.1, 0.15) is 5.75 Å². The maximum absolute atomic E-state index is 10.9. The number of carbonyl (C=O) groups is 1. The fourth-order valence-corrected chi connectivity index (χ4v) is 1.68. The molecule has 1 aliphatic rings. The average Bonchev–Trinajstić information content (AvgIpc) is 2.67. The molecule has 0 fully saturated rings. The first-order chi connectivity index (χ1) is 12.8. The van der Waals surface area contributed by atoms with Crippen molar-refractivity contribution in [3.05, 3.63) is 28.1 Å². The van der Waals surface area contributed by atoms with Crippen molar-refractivity contribution in [1.29, 1.82) is 0 Å². The van der Waals surface area contributed by atoms with Crippen LogP contribution in [0.25, 0.3) is 12.2 Å². The van der Waals surface area contributed by atoms with Crippen LogP contribution in [0.4, 0.5) is 0 Å². The van der Waals surface area contributed by atoms with E-state index in [1.807, 2.05) is 59.8 Å². The molecule has 0 aromatic heterocycles. The Balaban J connectivity index is -0.000000171. The molecule has 0 bridgehead atoms. The number of fused-ring (bicyclic) bond motifs is 1. The van der Waals surface area contributed by atoms with Crippen molar-refractivity contribution in [3.8, 4) is 5.75 Å². The van der Waals surface area contributed by atoms with Crippen LogP contribution in [0.1, 0.15) is 106 Å². The summed E-state index contributed by atoms with van der Waals surface area (Å²) in [5, 5.41) is 11.5. The van der Waals surface area contributed by atoms with E-state index >= 15 is 0 Å². The number of hydrogen-bond donors (Lipinski definition) is 2. The second-order valence-corrected chi connectivity index (χ2v) is 5.75. The third kappa shape index (κ3) is 17.4. The Morgan fingerprint density at radius 3 is 1.70 bits per heavy atom. The van der Waals surface area contributed by atoms with E-state index in [1.165, 1.54) is 6.42 Å². The van der Waals surface area contributed by atoms with Crippen molar-refractivity contribution in [2.45, 2.75) is 95.4 Å². The van der Waals surface area contributed by atoms with E-state index in [9.17, 15) is 9.90 Å². The summed E-state index contributed by atoms with van der Waals surface area (Å²) in [6, 6.07) is 3.37. The SMILES string of the molecule is CC.CC.CC.CC(C)C.CCC.NC(=O)c1ccc2c(c1O)=CCCC=2. The molecule has 27 heavy (non-hydrogen) atoms. The van der Waals surface area contributed by atoms with E-state index in [-0.39, 0.29) is 11.3 Å². The molecular formula is C24H47NO2. The Morgan fingerprint density at radius 2 is 1.33 bits per heavy atom. The molecule has 0 heterocycles. The zero-order chi connectivity index (χ0) is 22.4. The van der Waals surface area contributed by atoms with Crippen molar-refractivity contribution >= 4 is 18.1 Å². The number of carbonyl (C=O) groups excluding carboxylic acids is 1. The molecule has 0 spiro atoms. The molecule has 3 N–H and O–H groups in total. The number of aromatic hydroxyl groups is 1. The summed E-state index contributed by atoms with van der Waals surface area (Å²) in [7, 11) is 0. The number of phenols is 1. The quantitative estimate of drug-likeness (QED) is 0.626. The van der Waals surface area contributed by atoms with Crippen LogP contribution in [0.15, 0.2) is 12.1 Å². The van der Waals surface area contributed by atoms with Gasteiger partial charge in [-0.1, -0.05) is 101 Å². The third-order valence-electron chi connectivity index (χ3n) is 2.40. The maximum Gasteiger partial charge on any atom is 0.252 e. The van der Waals surface area contributed by atoms with Crippen LogP contribution < -0.4 is 16.2 Å². The van der Waals surface area contributed by atoms with Crippen molar-refractivity contribution in [2.75, 3.05) is 0 Å². The molecule has 1 amide bonds. The van der Waals surface area contributed by atoms with Gasteiger partial charge >= 0.3 is 0 Å². The Bertz CT molecular complexity index is 558. The first-order valence-corrected chi connectivity index (χ1v) is 10.7. The standard InChI is InChI=1S/C11H11NO2.C4H10.C3H8.3C2H6/c12-11(14)9-6-5-7-3-1-2-4-8(7)10(9)13;1-4(2)3;1-3-2;3*1-2/h3-6,13H,1-2H2,(H2,12,14);4H,1-3H3;3H2,1-2H3;3*1-2H3. The van der Waals surface area contributed by atoms with Gasteiger partial charge in [0, 0.05) is 5.22 Å². The van der Waals surface area contributed by atoms with Crippen LogP contribution in [0, 0.1) is 5.92 Å². The minimum atomic E-state index is -0.593. The molecule has 0 unspecified atom stereocenters. The Labute approximate surface area is 169 Å². The van der Waals surface area contributed by atoms with Crippen molar-refractivity contribution in [2.24, 2.45) is 11.7 Å². The van der Waals surface area contributed by atoms with Gasteiger partial charge in [-0.25, -0.2) is 0 Å². The van der Waals surface area contributed by atoms with Crippen molar-refractivity contribution in [3.63, 3.8) is 0 Å². The lowest BCUT2D eigenvalue weighted by atomic mass is 10.0. The molecule has 0 radical (unpaired) electrons. The minimum Gasteiger partial charge on any atom is -0.506 e. The number of hydrogen-bond acceptors (Lipinski definition) is 2. The monoisotopic (exact) mass is 381 g/mol. The van der Waals surface area contributed by atoms with Crippen LogP contribution >= 0.6 is 0 Å². The molecule has 0 saturated carbocycles. The van der Waals surface area contributed by atoms with E-state index < -0.39 is 5.91 Å². The lowest BCUT2D eigenvalue weighted by Gasteiger charge is -2.05. The van der Waals surface area contributed by atoms with E-state index in [0.717, 1.165) is 29.2 Å². The molecule has 2 rings (SSSR count). The smallest absolute Gasteiger partial charge is 0.252 e. The average molecular weight is 382 g/mol. The summed E-state index contributed by atoms with van der Waals surface area (Å²) < 4.78 is 0. The highest BCUT2D eigenvalue weighted by molar-refractivity contribution is 5.95. The van der Waals surface area contributed by atoms with Gasteiger partial charge in [-0.05, 0) is 30.0 Å². The van der Waals surface area contributed by atoms with Gasteiger partial charge in [-0.3, -0.25) is 4.79 Å². The largest absolute Gasteiger partial charge is 0.506 e. The molecule has 3 heteroatoms. The first-order valence-electron chi connectivity index (χ1n) is 10.7. The lowest BCUT2D eigenvalue weighted by molar-refractivity contribution is 0.0997. The summed E-state index contributed by atoms with van der Waals surface area (Å²) >= 11 is 0. The number of primary amides is 1. The zero-order valence-corrected chi connectivity index (χ0v) is 19.9. The Hall–Kier alpha value is -1.77. The molecule has 1 aliphatic carbocycles. The summed E-state index contributed by atoms with van der Waals surface area (Å²) in [6.07, 6.45) is 7.09. The van der Waals surface area contributed by atoms with Crippen molar-refractivity contribution in [1.82, 2.24) is 0 Å². The van der Waals surface area contributed by atoms with Crippen LogP contribution in [0.5, 0.6) is 5.75 Å². The molecule has 0 saturated heterocycles. The van der Waals surface area contributed by atoms with E-state index in [2.05, 4.69) is 34.6 Å². The van der Waals surface area contributed by atoms with Gasteiger partial charge in [0.05, 0.1) is 5.56 Å². The predicted molar refractivity (Wildman–Crippen MR) is 125 cm³/mol. The highest BCUT2D eigenvalue weighted by Gasteiger charge is 2.09. The Morgan fingerprint density at radius 1 is 0.963 bits per heavy atom. The topological polar surface area (TPSA) is 63.3 Å². The molecule has 1 aromatic rings. The highest BCUT2D eigenvalue weighted by Crippen LogP contribution is 2.09. The normalized spacial score (nSPS) is 9.78. The van der Waals surface area contributed by atoms with Crippen LogP contribution in [-0.2, 0) is 0 Å². The predicted octanol–water partition coefficient (Wildman–Crippen LogP) is 6.00. The number of benzene rings is 1. The molecule has 0 aliphatic heterocycles. The summed E-state index contributed by atoms with van der Waals surface area (Å²) in [5.41, 5.74) is 5.31. The van der Waals surface area contributed by atoms with Gasteiger partial charge in [0.15, 0.2) is 0 Å². The number of amides is 1. The minimum absolute atomic E-state index is 0.00551. The lowest BCUT2D eigenvalue weighted by Crippen LogP contribution is -2.29. The summed E-state index contributed by atoms with van der Waals surface area (Å²) in [4.78, 5) is 10.9. The number of rotatable bonds is 1. The molecule has 160 valence electrons. The first kappa shape index (κ1) is 32.9. The number of nitrogens with two attached hydrogens (primary N) is 1. The van der Waals surface area contributed by atoms with Crippen LogP contribution in [-0.4, -0.2) is 11.0 Å². The van der Waals surface area contributed by atoms with E-state index in [0.29, 0.717) is 0 Å². The van der Waals surface area contributed by atoms with Gasteiger partial charge < -0.3 is 10.8 Å². The van der Waals surface area contributed by atoms with Crippen LogP contribution in [0.2, 0.25) is 0 Å². The molecule has 1 aromatic carbocycles. The fraction of sp³-hybridized carbons (Fsp3) is 0.625. The van der Waals surface area contributed by atoms with Gasteiger partial charge in [0.2, 0.25) is 0 Å². The Kier molecular flexibility index (Phi) is 29.5. The van der Waals surface area contributed by atoms with Crippen LogP contribution in [0.3, 0.4) is 0 Å². The highest BCUT2D eigenvalue weighted by atomic mass is 16.3. The second kappa shape index (κ2) is 24.2. The fourth-order valence-electron chi connectivity index (χ4n) is 1.68. The van der Waals surface area contributed by atoms with Crippen molar-refractivity contribution < 1.29 is 9.90 Å². The molecule has 0 atom stereocenters. The second-order valence-electron chi connectivity index (χ2n) is 5.75. The summed E-state index contributed by atoms with van der Waals surface area (Å²) in [5.74, 6) is 0.246. The molecule has 3 nitrogen and oxygen atoms in total. The third-order valence-corrected chi connectivity index (χ3v) is 2.40. The zero-order valence-electron chi connectivity index (χ0n) is 19.9. The maximum atomic E-state index is 10.9. The molecular weight excluding hydrogens is 334 g/mol.